The van der Waals surface area contributed by atoms with Crippen LogP contribution >= 0.6 is 35.0 Å². The number of aldehydes is 1. The molecule has 0 saturated heterocycles. The Kier molecular flexibility index (Phi) is 5.55. The zero-order valence-corrected chi connectivity index (χ0v) is 14.5. The van der Waals surface area contributed by atoms with Crippen molar-refractivity contribution in [1.29, 1.82) is 0 Å². The Labute approximate surface area is 139 Å². The number of hydrogen-bond donors (Lipinski definition) is 0. The van der Waals surface area contributed by atoms with Crippen molar-refractivity contribution < 1.29 is 4.79 Å². The van der Waals surface area contributed by atoms with E-state index < -0.39 is 0 Å². The van der Waals surface area contributed by atoms with E-state index in [2.05, 4.69) is 18.0 Å². The molecule has 0 bridgehead atoms. The molecule has 112 valence electrons. The molecule has 1 unspecified atom stereocenters. The zero-order chi connectivity index (χ0) is 15.6. The van der Waals surface area contributed by atoms with Crippen LogP contribution in [0.5, 0.6) is 0 Å². The normalized spacial score (nSPS) is 20.2. The van der Waals surface area contributed by atoms with Crippen molar-refractivity contribution >= 4 is 41.2 Å². The molecule has 1 aromatic carbocycles. The fraction of sp³-hybridized carbons (Fsp3) is 0.312. The molecular weight excluding hydrogens is 325 g/mol. The van der Waals surface area contributed by atoms with Crippen molar-refractivity contribution in [2.24, 2.45) is 0 Å². The first kappa shape index (κ1) is 16.6. The van der Waals surface area contributed by atoms with Crippen molar-refractivity contribution in [2.45, 2.75) is 26.4 Å². The number of nitrogens with zero attached hydrogens (tertiary/aromatic N) is 1. The van der Waals surface area contributed by atoms with Gasteiger partial charge >= 0.3 is 0 Å². The number of carbonyl (C=O) groups is 1. The lowest BCUT2D eigenvalue weighted by Gasteiger charge is -2.22. The molecule has 0 saturated carbocycles. The van der Waals surface area contributed by atoms with Gasteiger partial charge < -0.3 is 0 Å². The number of thioether (sulfide) groups is 1. The molecule has 1 aromatic rings. The summed E-state index contributed by atoms with van der Waals surface area (Å²) in [5.74, 6) is 0. The SMILES string of the molecule is C/C=C(/C=O)S/C(Cl)=C(\C)C1c2cc(Cl)ccc2CN1C. The summed E-state index contributed by atoms with van der Waals surface area (Å²) in [5.41, 5.74) is 3.49. The second-order valence-electron chi connectivity index (χ2n) is 5.03. The first-order chi connectivity index (χ1) is 9.97. The number of benzene rings is 1. The third kappa shape index (κ3) is 3.54. The summed E-state index contributed by atoms with van der Waals surface area (Å²) in [6, 6.07) is 6.07. The van der Waals surface area contributed by atoms with Gasteiger partial charge in [0, 0.05) is 16.5 Å². The lowest BCUT2D eigenvalue weighted by Crippen LogP contribution is -2.17. The Bertz CT molecular complexity index is 625. The Morgan fingerprint density at radius 2 is 2.19 bits per heavy atom. The van der Waals surface area contributed by atoms with Crippen molar-refractivity contribution in [3.05, 3.63) is 55.3 Å². The summed E-state index contributed by atoms with van der Waals surface area (Å²) in [6.45, 7) is 4.70. The molecule has 1 atom stereocenters. The number of likely N-dealkylation sites (N-methyl/N-ethyl adjacent to an activating group) is 1. The van der Waals surface area contributed by atoms with Gasteiger partial charge in [0.1, 0.15) is 0 Å². The molecular formula is C16H17Cl2NOS. The zero-order valence-electron chi connectivity index (χ0n) is 12.2. The van der Waals surface area contributed by atoms with Crippen LogP contribution in [0, 0.1) is 0 Å². The number of rotatable bonds is 4. The lowest BCUT2D eigenvalue weighted by atomic mass is 10.0. The number of carbonyl (C=O) groups excluding carboxylic acids is 1. The maximum absolute atomic E-state index is 10.9. The summed E-state index contributed by atoms with van der Waals surface area (Å²) < 4.78 is 0.639. The van der Waals surface area contributed by atoms with Gasteiger partial charge in [-0.15, -0.1) is 0 Å². The van der Waals surface area contributed by atoms with Crippen LogP contribution in [0.2, 0.25) is 5.02 Å². The van der Waals surface area contributed by atoms with Gasteiger partial charge in [0.25, 0.3) is 0 Å². The molecule has 0 fully saturated rings. The van der Waals surface area contributed by atoms with E-state index in [0.29, 0.717) is 9.27 Å². The Hall–Kier alpha value is -0.740. The highest BCUT2D eigenvalue weighted by molar-refractivity contribution is 8.08. The highest BCUT2D eigenvalue weighted by Crippen LogP contribution is 2.43. The van der Waals surface area contributed by atoms with Gasteiger partial charge in [0.2, 0.25) is 0 Å². The van der Waals surface area contributed by atoms with Gasteiger partial charge in [-0.25, -0.2) is 0 Å². The molecule has 0 radical (unpaired) electrons. The second kappa shape index (κ2) is 7.01. The summed E-state index contributed by atoms with van der Waals surface area (Å²) in [6.07, 6.45) is 2.58. The van der Waals surface area contributed by atoms with Crippen LogP contribution in [-0.2, 0) is 11.3 Å². The summed E-state index contributed by atoms with van der Waals surface area (Å²) in [5, 5.41) is 0.729. The first-order valence-electron chi connectivity index (χ1n) is 6.62. The smallest absolute Gasteiger partial charge is 0.156 e. The number of hydrogen-bond acceptors (Lipinski definition) is 3. The van der Waals surface area contributed by atoms with Crippen molar-refractivity contribution in [3.63, 3.8) is 0 Å². The van der Waals surface area contributed by atoms with Crippen LogP contribution in [0.1, 0.15) is 31.0 Å². The van der Waals surface area contributed by atoms with Gasteiger partial charge in [-0.3, -0.25) is 9.69 Å². The van der Waals surface area contributed by atoms with Crippen LogP contribution < -0.4 is 0 Å². The predicted molar refractivity (Wildman–Crippen MR) is 91.6 cm³/mol. The van der Waals surface area contributed by atoms with E-state index in [4.69, 9.17) is 23.2 Å². The molecule has 1 aliphatic heterocycles. The standard InChI is InChI=1S/C16H17Cl2NOS/c1-4-13(9-20)21-16(18)10(2)15-14-7-12(17)6-5-11(14)8-19(15)3/h4-7,9,15H,8H2,1-3H3/b13-4-,16-10+. The number of fused-ring (bicyclic) bond motifs is 1. The molecule has 5 heteroatoms. The van der Waals surface area contributed by atoms with Gasteiger partial charge in [0.15, 0.2) is 6.29 Å². The minimum Gasteiger partial charge on any atom is -0.297 e. The summed E-state index contributed by atoms with van der Waals surface area (Å²) >= 11 is 13.8. The van der Waals surface area contributed by atoms with Gasteiger partial charge in [-0.2, -0.15) is 0 Å². The molecule has 1 heterocycles. The maximum atomic E-state index is 10.9. The van der Waals surface area contributed by atoms with Gasteiger partial charge in [-0.1, -0.05) is 47.1 Å². The maximum Gasteiger partial charge on any atom is 0.156 e. The van der Waals surface area contributed by atoms with E-state index in [1.807, 2.05) is 26.0 Å². The van der Waals surface area contributed by atoms with Crippen molar-refractivity contribution in [3.8, 4) is 0 Å². The lowest BCUT2D eigenvalue weighted by molar-refractivity contribution is -0.104. The minimum absolute atomic E-state index is 0.100. The van der Waals surface area contributed by atoms with E-state index in [1.54, 1.807) is 6.08 Å². The largest absolute Gasteiger partial charge is 0.297 e. The van der Waals surface area contributed by atoms with E-state index in [9.17, 15) is 4.79 Å². The van der Waals surface area contributed by atoms with Crippen LogP contribution in [0.15, 0.2) is 39.1 Å². The second-order valence-corrected chi connectivity index (χ2v) is 7.15. The van der Waals surface area contributed by atoms with Crippen LogP contribution in [-0.4, -0.2) is 18.2 Å². The number of halogens is 2. The summed E-state index contributed by atoms with van der Waals surface area (Å²) in [4.78, 5) is 13.8. The van der Waals surface area contributed by atoms with Crippen LogP contribution in [0.4, 0.5) is 0 Å². The topological polar surface area (TPSA) is 20.3 Å². The molecule has 21 heavy (non-hydrogen) atoms. The Morgan fingerprint density at radius 1 is 1.48 bits per heavy atom. The minimum atomic E-state index is 0.100. The third-order valence-electron chi connectivity index (χ3n) is 3.59. The van der Waals surface area contributed by atoms with E-state index in [-0.39, 0.29) is 6.04 Å². The molecule has 2 rings (SSSR count). The Morgan fingerprint density at radius 3 is 2.81 bits per heavy atom. The molecule has 0 N–H and O–H groups in total. The quantitative estimate of drug-likeness (QED) is 0.559. The fourth-order valence-electron chi connectivity index (χ4n) is 2.57. The average molecular weight is 342 g/mol. The van der Waals surface area contributed by atoms with Crippen LogP contribution in [0.3, 0.4) is 0 Å². The third-order valence-corrected chi connectivity index (χ3v) is 5.42. The van der Waals surface area contributed by atoms with Crippen LogP contribution in [0.25, 0.3) is 0 Å². The molecule has 2 nitrogen and oxygen atoms in total. The van der Waals surface area contributed by atoms with Gasteiger partial charge in [-0.05, 0) is 49.7 Å². The predicted octanol–water partition coefficient (Wildman–Crippen LogP) is 5.13. The highest BCUT2D eigenvalue weighted by Gasteiger charge is 2.30. The Balaban J connectivity index is 2.37. The molecule has 1 aliphatic rings. The van der Waals surface area contributed by atoms with Gasteiger partial charge in [0.05, 0.1) is 10.4 Å². The average Bonchev–Trinajstić information content (AvgIpc) is 2.78. The molecule has 0 aliphatic carbocycles. The summed E-state index contributed by atoms with van der Waals surface area (Å²) in [7, 11) is 2.06. The van der Waals surface area contributed by atoms with Crippen molar-refractivity contribution in [2.75, 3.05) is 7.05 Å². The number of allylic oxidation sites excluding steroid dienone is 2. The first-order valence-corrected chi connectivity index (χ1v) is 8.19. The molecule has 0 aromatic heterocycles. The molecule has 0 amide bonds. The highest BCUT2D eigenvalue weighted by atomic mass is 35.5. The molecule has 0 spiro atoms. The van der Waals surface area contributed by atoms with Crippen molar-refractivity contribution in [1.82, 2.24) is 4.90 Å². The fourth-order valence-corrected chi connectivity index (χ4v) is 3.76. The monoisotopic (exact) mass is 341 g/mol. The van der Waals surface area contributed by atoms with E-state index >= 15 is 0 Å². The van der Waals surface area contributed by atoms with E-state index in [0.717, 1.165) is 23.4 Å². The van der Waals surface area contributed by atoms with E-state index in [1.165, 1.54) is 22.9 Å².